The van der Waals surface area contributed by atoms with Gasteiger partial charge < -0.3 is 5.73 Å². The van der Waals surface area contributed by atoms with Gasteiger partial charge in [-0.05, 0) is 36.2 Å². The average molecular weight is 359 g/mol. The van der Waals surface area contributed by atoms with E-state index in [4.69, 9.17) is 28.9 Å². The van der Waals surface area contributed by atoms with Gasteiger partial charge >= 0.3 is 0 Å². The molecule has 2 aromatic rings. The van der Waals surface area contributed by atoms with Crippen molar-refractivity contribution in [3.8, 4) is 0 Å². The van der Waals surface area contributed by atoms with E-state index >= 15 is 0 Å². The van der Waals surface area contributed by atoms with Crippen LogP contribution in [0, 0.1) is 0 Å². The van der Waals surface area contributed by atoms with E-state index < -0.39 is 10.0 Å². The maximum Gasteiger partial charge on any atom is 0.261 e. The fraction of sp³-hybridized carbons (Fsp3) is 0.200. The fourth-order valence-corrected chi connectivity index (χ4v) is 3.51. The molecular formula is C15H16Cl2N2O2S. The van der Waals surface area contributed by atoms with Crippen molar-refractivity contribution in [3.63, 3.8) is 0 Å². The molecule has 22 heavy (non-hydrogen) atoms. The van der Waals surface area contributed by atoms with E-state index in [1.807, 2.05) is 0 Å². The number of benzene rings is 2. The van der Waals surface area contributed by atoms with Crippen LogP contribution in [-0.2, 0) is 16.4 Å². The van der Waals surface area contributed by atoms with Gasteiger partial charge in [0.25, 0.3) is 10.0 Å². The highest BCUT2D eigenvalue weighted by Gasteiger charge is 2.15. The average Bonchev–Trinajstić information content (AvgIpc) is 2.45. The number of nitrogens with one attached hydrogen (secondary N) is 1. The first kappa shape index (κ1) is 16.9. The van der Waals surface area contributed by atoms with Crippen LogP contribution in [0.2, 0.25) is 10.0 Å². The van der Waals surface area contributed by atoms with Gasteiger partial charge in [-0.15, -0.1) is 0 Å². The van der Waals surface area contributed by atoms with Crippen LogP contribution >= 0.6 is 23.2 Å². The Kier molecular flexibility index (Phi) is 5.21. The van der Waals surface area contributed by atoms with Crippen LogP contribution in [0.3, 0.4) is 0 Å². The quantitative estimate of drug-likeness (QED) is 0.781. The Labute approximate surface area is 140 Å². The van der Waals surface area contributed by atoms with Crippen LogP contribution < -0.4 is 10.5 Å². The summed E-state index contributed by atoms with van der Waals surface area (Å²) in [4.78, 5) is 0.177. The van der Waals surface area contributed by atoms with Crippen molar-refractivity contribution >= 4 is 44.6 Å². The van der Waals surface area contributed by atoms with Crippen molar-refractivity contribution in [1.29, 1.82) is 0 Å². The smallest absolute Gasteiger partial charge is 0.261 e. The lowest BCUT2D eigenvalue weighted by Crippen LogP contribution is -2.13. The van der Waals surface area contributed by atoms with E-state index in [1.165, 1.54) is 12.1 Å². The standard InChI is InChI=1S/C15H16Cl2N2O2S/c1-2-3-10-4-6-12(7-5-10)22(20,21)19-11-8-13(16)15(18)14(17)9-11/h4-9,19H,2-3,18H2,1H3. The summed E-state index contributed by atoms with van der Waals surface area (Å²) in [6.07, 6.45) is 1.92. The molecule has 0 amide bonds. The number of sulfonamides is 1. The molecule has 0 heterocycles. The molecule has 0 saturated carbocycles. The molecule has 0 aliphatic heterocycles. The van der Waals surface area contributed by atoms with Crippen LogP contribution in [0.15, 0.2) is 41.3 Å². The second-order valence-electron chi connectivity index (χ2n) is 4.85. The number of hydrogen-bond donors (Lipinski definition) is 2. The number of nitrogens with two attached hydrogens (primary N) is 1. The highest BCUT2D eigenvalue weighted by atomic mass is 35.5. The number of halogens is 2. The van der Waals surface area contributed by atoms with E-state index in [1.54, 1.807) is 24.3 Å². The Hall–Kier alpha value is -1.43. The molecule has 0 spiro atoms. The van der Waals surface area contributed by atoms with Gasteiger partial charge in [-0.25, -0.2) is 8.42 Å². The summed E-state index contributed by atoms with van der Waals surface area (Å²) in [7, 11) is -3.70. The zero-order valence-electron chi connectivity index (χ0n) is 11.9. The number of hydrogen-bond acceptors (Lipinski definition) is 3. The molecule has 7 heteroatoms. The first-order valence-corrected chi connectivity index (χ1v) is 8.93. The predicted octanol–water partition coefficient (Wildman–Crippen LogP) is 4.33. The maximum atomic E-state index is 12.3. The minimum Gasteiger partial charge on any atom is -0.396 e. The van der Waals surface area contributed by atoms with Gasteiger partial charge in [-0.2, -0.15) is 0 Å². The molecule has 0 aliphatic rings. The molecule has 0 aliphatic carbocycles. The van der Waals surface area contributed by atoms with Gasteiger partial charge in [0.05, 0.1) is 26.3 Å². The summed E-state index contributed by atoms with van der Waals surface area (Å²) in [5.41, 5.74) is 7.21. The predicted molar refractivity (Wildman–Crippen MR) is 92.1 cm³/mol. The van der Waals surface area contributed by atoms with Crippen LogP contribution in [0.4, 0.5) is 11.4 Å². The molecule has 118 valence electrons. The van der Waals surface area contributed by atoms with Gasteiger partial charge in [-0.3, -0.25) is 4.72 Å². The molecule has 0 radical (unpaired) electrons. The molecule has 2 aromatic carbocycles. The number of anilines is 2. The van der Waals surface area contributed by atoms with E-state index in [0.717, 1.165) is 18.4 Å². The third kappa shape index (κ3) is 3.85. The van der Waals surface area contributed by atoms with Crippen LogP contribution in [0.5, 0.6) is 0 Å². The number of nitrogen functional groups attached to an aromatic ring is 1. The summed E-state index contributed by atoms with van der Waals surface area (Å²) in [5.74, 6) is 0. The minimum atomic E-state index is -3.70. The van der Waals surface area contributed by atoms with Crippen LogP contribution in [0.25, 0.3) is 0 Å². The first-order chi connectivity index (χ1) is 10.3. The zero-order valence-corrected chi connectivity index (χ0v) is 14.3. The second kappa shape index (κ2) is 6.77. The monoisotopic (exact) mass is 358 g/mol. The van der Waals surface area contributed by atoms with Crippen molar-refractivity contribution in [1.82, 2.24) is 0 Å². The lowest BCUT2D eigenvalue weighted by molar-refractivity contribution is 0.601. The highest BCUT2D eigenvalue weighted by molar-refractivity contribution is 7.92. The first-order valence-electron chi connectivity index (χ1n) is 6.69. The van der Waals surface area contributed by atoms with Gasteiger partial charge in [0.2, 0.25) is 0 Å². The largest absolute Gasteiger partial charge is 0.396 e. The summed E-state index contributed by atoms with van der Waals surface area (Å²) in [6.45, 7) is 2.07. The molecule has 0 bridgehead atoms. The molecule has 0 saturated heterocycles. The normalized spacial score (nSPS) is 11.4. The van der Waals surface area contributed by atoms with Gasteiger partial charge in [0.15, 0.2) is 0 Å². The van der Waals surface area contributed by atoms with E-state index in [-0.39, 0.29) is 26.3 Å². The van der Waals surface area contributed by atoms with Crippen LogP contribution in [0.1, 0.15) is 18.9 Å². The Morgan fingerprint density at radius 2 is 1.64 bits per heavy atom. The Balaban J connectivity index is 2.27. The Bertz CT molecular complexity index is 752. The lowest BCUT2D eigenvalue weighted by atomic mass is 10.1. The molecule has 4 nitrogen and oxygen atoms in total. The zero-order chi connectivity index (χ0) is 16.3. The van der Waals surface area contributed by atoms with Crippen molar-refractivity contribution in [2.75, 3.05) is 10.5 Å². The topological polar surface area (TPSA) is 72.2 Å². The molecule has 0 atom stereocenters. The van der Waals surface area contributed by atoms with Crippen LogP contribution in [-0.4, -0.2) is 8.42 Å². The number of rotatable bonds is 5. The van der Waals surface area contributed by atoms with Crippen molar-refractivity contribution in [2.24, 2.45) is 0 Å². The third-order valence-corrected chi connectivity index (χ3v) is 5.13. The molecular weight excluding hydrogens is 343 g/mol. The highest BCUT2D eigenvalue weighted by Crippen LogP contribution is 2.32. The summed E-state index contributed by atoms with van der Waals surface area (Å²) < 4.78 is 27.1. The van der Waals surface area contributed by atoms with Gasteiger partial charge in [0.1, 0.15) is 0 Å². The maximum absolute atomic E-state index is 12.3. The van der Waals surface area contributed by atoms with Crippen molar-refractivity contribution in [3.05, 3.63) is 52.0 Å². The van der Waals surface area contributed by atoms with E-state index in [9.17, 15) is 8.42 Å². The minimum absolute atomic E-state index is 0.177. The molecule has 0 fully saturated rings. The Morgan fingerprint density at radius 3 is 2.14 bits per heavy atom. The SMILES string of the molecule is CCCc1ccc(S(=O)(=O)Nc2cc(Cl)c(N)c(Cl)c2)cc1. The van der Waals surface area contributed by atoms with Gasteiger partial charge in [0, 0.05) is 0 Å². The van der Waals surface area contributed by atoms with E-state index in [0.29, 0.717) is 0 Å². The summed E-state index contributed by atoms with van der Waals surface area (Å²) in [5, 5.41) is 0.395. The van der Waals surface area contributed by atoms with Gasteiger partial charge in [-0.1, -0.05) is 48.7 Å². The van der Waals surface area contributed by atoms with E-state index in [2.05, 4.69) is 11.6 Å². The lowest BCUT2D eigenvalue weighted by Gasteiger charge is -2.11. The molecule has 0 aromatic heterocycles. The molecule has 0 unspecified atom stereocenters. The Morgan fingerprint density at radius 1 is 1.09 bits per heavy atom. The molecule has 3 N–H and O–H groups in total. The third-order valence-electron chi connectivity index (χ3n) is 3.10. The van der Waals surface area contributed by atoms with Crippen molar-refractivity contribution in [2.45, 2.75) is 24.7 Å². The fourth-order valence-electron chi connectivity index (χ4n) is 1.98. The number of aryl methyl sites for hydroxylation is 1. The summed E-state index contributed by atoms with van der Waals surface area (Å²) >= 11 is 11.8. The second-order valence-corrected chi connectivity index (χ2v) is 7.35. The molecule has 2 rings (SSSR count). The summed E-state index contributed by atoms with van der Waals surface area (Å²) in [6, 6.07) is 9.61. The van der Waals surface area contributed by atoms with Crippen molar-refractivity contribution < 1.29 is 8.42 Å².